The van der Waals surface area contributed by atoms with Crippen molar-refractivity contribution in [2.24, 2.45) is 0 Å². The highest BCUT2D eigenvalue weighted by Crippen LogP contribution is 2.20. The minimum absolute atomic E-state index is 0.00988. The van der Waals surface area contributed by atoms with Gasteiger partial charge >= 0.3 is 5.97 Å². The predicted molar refractivity (Wildman–Crippen MR) is 69.7 cm³/mol. The molecule has 2 aliphatic heterocycles. The van der Waals surface area contributed by atoms with Gasteiger partial charge in [-0.25, -0.2) is 4.79 Å². The zero-order chi connectivity index (χ0) is 17.0. The molecule has 0 aromatic rings. The van der Waals surface area contributed by atoms with Crippen LogP contribution in [0.15, 0.2) is 0 Å². The van der Waals surface area contributed by atoms with E-state index in [9.17, 15) is 24.0 Å². The number of ether oxygens (including phenoxy) is 1. The van der Waals surface area contributed by atoms with E-state index >= 15 is 0 Å². The molecule has 1 unspecified atom stereocenters. The van der Waals surface area contributed by atoms with Gasteiger partial charge in [0.2, 0.25) is 11.8 Å². The molecule has 0 aromatic carbocycles. The molecule has 2 fully saturated rings. The van der Waals surface area contributed by atoms with Gasteiger partial charge in [-0.1, -0.05) is 0 Å². The molecule has 4 amide bonds. The molecule has 23 heavy (non-hydrogen) atoms. The molecule has 2 rings (SSSR count). The molecule has 0 aliphatic carbocycles. The summed E-state index contributed by atoms with van der Waals surface area (Å²) in [6.07, 6.45) is -1.86. The van der Waals surface area contributed by atoms with Crippen molar-refractivity contribution in [3.05, 3.63) is 0 Å². The number of nitrogens with zero attached hydrogens (tertiary/aromatic N) is 2. The Balaban J connectivity index is 2.00. The van der Waals surface area contributed by atoms with E-state index in [1.807, 2.05) is 0 Å². The molecule has 0 bridgehead atoms. The van der Waals surface area contributed by atoms with Crippen molar-refractivity contribution in [1.29, 1.82) is 0 Å². The molecule has 2 saturated heterocycles. The lowest BCUT2D eigenvalue weighted by Gasteiger charge is -2.25. The molecule has 0 spiro atoms. The van der Waals surface area contributed by atoms with E-state index in [4.69, 9.17) is 9.84 Å². The van der Waals surface area contributed by atoms with Crippen LogP contribution in [-0.4, -0.2) is 64.1 Å². The molecule has 0 aromatic heterocycles. The third kappa shape index (κ3) is 3.90. The van der Waals surface area contributed by atoms with E-state index < -0.39 is 42.2 Å². The lowest BCUT2D eigenvalue weighted by atomic mass is 10.3. The number of carbonyl (C=O) groups excluding carboxylic acids is 5. The Bertz CT molecular complexity index is 514. The molecule has 126 valence electrons. The summed E-state index contributed by atoms with van der Waals surface area (Å²) in [4.78, 5) is 63.5. The number of hydrogen-bond acceptors (Lipinski definition) is 8. The van der Waals surface area contributed by atoms with E-state index in [0.717, 1.165) is 4.90 Å². The summed E-state index contributed by atoms with van der Waals surface area (Å²) in [6.45, 7) is -0.568. The van der Waals surface area contributed by atoms with Crippen molar-refractivity contribution in [3.8, 4) is 0 Å². The Morgan fingerprint density at radius 3 is 2.04 bits per heavy atom. The monoisotopic (exact) mass is 328 g/mol. The Labute approximate surface area is 130 Å². The molecule has 10 nitrogen and oxygen atoms in total. The van der Waals surface area contributed by atoms with E-state index in [2.05, 4.69) is 4.84 Å². The van der Waals surface area contributed by atoms with Crippen molar-refractivity contribution in [2.45, 2.75) is 38.3 Å². The molecular formula is C13H16N2O8. The summed E-state index contributed by atoms with van der Waals surface area (Å²) in [5.41, 5.74) is 0. The smallest absolute Gasteiger partial charge is 0.337 e. The zero-order valence-electron chi connectivity index (χ0n) is 12.2. The van der Waals surface area contributed by atoms with Gasteiger partial charge in [0.15, 0.2) is 0 Å². The minimum Gasteiger partial charge on any atom is -0.394 e. The van der Waals surface area contributed by atoms with Gasteiger partial charge in [-0.15, -0.1) is 5.06 Å². The molecule has 10 heteroatoms. The topological polar surface area (TPSA) is 131 Å². The number of likely N-dealkylation sites (tertiary alicyclic amines) is 1. The number of hydroxylamine groups is 2. The highest BCUT2D eigenvalue weighted by molar-refractivity contribution is 6.03. The number of aliphatic hydroxyl groups excluding tert-OH is 1. The highest BCUT2D eigenvalue weighted by atomic mass is 16.7. The van der Waals surface area contributed by atoms with E-state index in [1.54, 1.807) is 0 Å². The van der Waals surface area contributed by atoms with Gasteiger partial charge in [0.1, 0.15) is 6.23 Å². The largest absolute Gasteiger partial charge is 0.394 e. The maximum Gasteiger partial charge on any atom is 0.337 e. The SMILES string of the molecule is O=C(CC(OCCO)N1C(=O)CCC1=O)ON1C(=O)CCC1=O. The summed E-state index contributed by atoms with van der Waals surface area (Å²) in [5.74, 6) is -3.27. The Morgan fingerprint density at radius 2 is 1.52 bits per heavy atom. The number of imide groups is 2. The standard InChI is InChI=1S/C13H16N2O8/c16-5-6-22-12(14-8(17)1-2-9(14)18)7-13(21)23-15-10(19)3-4-11(15)20/h12,16H,1-7H2. The Hall–Kier alpha value is -2.33. The third-order valence-electron chi connectivity index (χ3n) is 3.32. The summed E-state index contributed by atoms with van der Waals surface area (Å²) >= 11 is 0. The summed E-state index contributed by atoms with van der Waals surface area (Å²) in [6, 6.07) is 0. The second-order valence-corrected chi connectivity index (χ2v) is 4.96. The summed E-state index contributed by atoms with van der Waals surface area (Å²) in [5, 5.41) is 9.17. The van der Waals surface area contributed by atoms with E-state index in [0.29, 0.717) is 5.06 Å². The lowest BCUT2D eigenvalue weighted by Crippen LogP contribution is -2.44. The normalized spacial score (nSPS) is 19.7. The van der Waals surface area contributed by atoms with Gasteiger partial charge in [-0.05, 0) is 0 Å². The first-order valence-corrected chi connectivity index (χ1v) is 7.08. The van der Waals surface area contributed by atoms with Crippen LogP contribution < -0.4 is 0 Å². The van der Waals surface area contributed by atoms with Crippen LogP contribution in [-0.2, 0) is 33.5 Å². The quantitative estimate of drug-likeness (QED) is 0.557. The summed E-state index contributed by atoms with van der Waals surface area (Å²) in [7, 11) is 0. The molecule has 2 heterocycles. The molecule has 0 radical (unpaired) electrons. The average Bonchev–Trinajstić information content (AvgIpc) is 3.00. The van der Waals surface area contributed by atoms with E-state index in [1.165, 1.54) is 0 Å². The highest BCUT2D eigenvalue weighted by Gasteiger charge is 2.39. The fourth-order valence-corrected chi connectivity index (χ4v) is 2.27. The maximum atomic E-state index is 11.9. The molecule has 1 N–H and O–H groups in total. The van der Waals surface area contributed by atoms with Crippen molar-refractivity contribution in [2.75, 3.05) is 13.2 Å². The van der Waals surface area contributed by atoms with Crippen LogP contribution in [0.3, 0.4) is 0 Å². The number of carbonyl (C=O) groups is 5. The molecule has 1 atom stereocenters. The fraction of sp³-hybridized carbons (Fsp3) is 0.615. The van der Waals surface area contributed by atoms with Crippen molar-refractivity contribution in [1.82, 2.24) is 9.96 Å². The second kappa shape index (κ2) is 7.29. The van der Waals surface area contributed by atoms with Crippen LogP contribution >= 0.6 is 0 Å². The molecule has 2 aliphatic rings. The maximum absolute atomic E-state index is 11.9. The van der Waals surface area contributed by atoms with Gasteiger partial charge in [0.05, 0.1) is 19.6 Å². The number of amides is 4. The van der Waals surface area contributed by atoms with Gasteiger partial charge in [0.25, 0.3) is 11.8 Å². The van der Waals surface area contributed by atoms with Crippen LogP contribution in [0.25, 0.3) is 0 Å². The third-order valence-corrected chi connectivity index (χ3v) is 3.32. The van der Waals surface area contributed by atoms with E-state index in [-0.39, 0.29) is 38.9 Å². The first-order valence-electron chi connectivity index (χ1n) is 7.08. The van der Waals surface area contributed by atoms with Crippen LogP contribution in [0.1, 0.15) is 32.1 Å². The minimum atomic E-state index is -1.25. The van der Waals surface area contributed by atoms with Gasteiger partial charge in [-0.2, -0.15) is 0 Å². The number of hydrogen-bond donors (Lipinski definition) is 1. The van der Waals surface area contributed by atoms with Crippen LogP contribution in [0, 0.1) is 0 Å². The van der Waals surface area contributed by atoms with Gasteiger partial charge in [-0.3, -0.25) is 24.1 Å². The first-order chi connectivity index (χ1) is 10.9. The van der Waals surface area contributed by atoms with Crippen molar-refractivity contribution >= 4 is 29.6 Å². The van der Waals surface area contributed by atoms with Gasteiger partial charge < -0.3 is 14.7 Å². The van der Waals surface area contributed by atoms with Crippen LogP contribution in [0.5, 0.6) is 0 Å². The average molecular weight is 328 g/mol. The second-order valence-electron chi connectivity index (χ2n) is 4.96. The first kappa shape index (κ1) is 17.0. The molecular weight excluding hydrogens is 312 g/mol. The van der Waals surface area contributed by atoms with Crippen LogP contribution in [0.4, 0.5) is 0 Å². The molecule has 0 saturated carbocycles. The van der Waals surface area contributed by atoms with Crippen LogP contribution in [0.2, 0.25) is 0 Å². The number of aliphatic hydroxyl groups is 1. The Kier molecular flexibility index (Phi) is 5.40. The van der Waals surface area contributed by atoms with Crippen molar-refractivity contribution < 1.29 is 38.7 Å². The Morgan fingerprint density at radius 1 is 1.00 bits per heavy atom. The predicted octanol–water partition coefficient (Wildman–Crippen LogP) is -1.53. The van der Waals surface area contributed by atoms with Crippen molar-refractivity contribution in [3.63, 3.8) is 0 Å². The van der Waals surface area contributed by atoms with Gasteiger partial charge in [0, 0.05) is 25.7 Å². The fourth-order valence-electron chi connectivity index (χ4n) is 2.27. The lowest BCUT2D eigenvalue weighted by molar-refractivity contribution is -0.201. The zero-order valence-corrected chi connectivity index (χ0v) is 12.2. The number of rotatable bonds is 7. The summed E-state index contributed by atoms with van der Waals surface area (Å²) < 4.78 is 5.15.